The number of nitrogens with zero attached hydrogens (tertiary/aromatic N) is 3. The zero-order chi connectivity index (χ0) is 20.7. The Morgan fingerprint density at radius 1 is 1.07 bits per heavy atom. The maximum Gasteiger partial charge on any atom is 0.242 e. The Kier molecular flexibility index (Phi) is 7.53. The maximum atomic E-state index is 13.4. The molecule has 0 saturated heterocycles. The van der Waals surface area contributed by atoms with Crippen molar-refractivity contribution in [2.45, 2.75) is 24.9 Å². The highest BCUT2D eigenvalue weighted by molar-refractivity contribution is 7.89. The van der Waals surface area contributed by atoms with Gasteiger partial charge in [0.2, 0.25) is 10.0 Å². The first-order chi connectivity index (χ1) is 13.2. The molecule has 8 heteroatoms. The van der Waals surface area contributed by atoms with E-state index in [0.29, 0.717) is 25.6 Å². The predicted molar refractivity (Wildman–Crippen MR) is 110 cm³/mol. The molecule has 28 heavy (non-hydrogen) atoms. The second-order valence-corrected chi connectivity index (χ2v) is 8.74. The largest absolute Gasteiger partial charge is 0.357 e. The van der Waals surface area contributed by atoms with Gasteiger partial charge in [0.15, 0.2) is 5.96 Å². The molecule has 0 bridgehead atoms. The second kappa shape index (κ2) is 9.66. The highest BCUT2D eigenvalue weighted by Crippen LogP contribution is 2.14. The summed E-state index contributed by atoms with van der Waals surface area (Å²) < 4.78 is 38.9. The number of nitrogens with one attached hydrogen (secondary N) is 1. The Labute approximate surface area is 166 Å². The van der Waals surface area contributed by atoms with Gasteiger partial charge in [0.25, 0.3) is 0 Å². The molecule has 2 rings (SSSR count). The molecule has 1 N–H and O–H groups in total. The average molecular weight is 407 g/mol. The molecule has 0 radical (unpaired) electrons. The monoisotopic (exact) mass is 406 g/mol. The Bertz CT molecular complexity index is 912. The number of aliphatic imine (C=N–C) groups is 1. The number of halogens is 1. The molecule has 152 valence electrons. The number of rotatable bonds is 7. The van der Waals surface area contributed by atoms with Crippen LogP contribution in [0.25, 0.3) is 0 Å². The van der Waals surface area contributed by atoms with Crippen molar-refractivity contribution in [2.24, 2.45) is 4.99 Å². The third-order valence-corrected chi connectivity index (χ3v) is 5.95. The van der Waals surface area contributed by atoms with Crippen LogP contribution in [-0.2, 0) is 23.1 Å². The molecule has 0 unspecified atom stereocenters. The van der Waals surface area contributed by atoms with Gasteiger partial charge in [-0.3, -0.25) is 0 Å². The molecule has 0 spiro atoms. The van der Waals surface area contributed by atoms with Crippen molar-refractivity contribution in [1.82, 2.24) is 14.5 Å². The minimum absolute atomic E-state index is 0.250. The van der Waals surface area contributed by atoms with Crippen LogP contribution in [0.15, 0.2) is 58.4 Å². The molecule has 0 aliphatic rings. The number of benzene rings is 2. The van der Waals surface area contributed by atoms with E-state index in [1.165, 1.54) is 30.5 Å². The van der Waals surface area contributed by atoms with Crippen molar-refractivity contribution in [3.63, 3.8) is 0 Å². The van der Waals surface area contributed by atoms with E-state index in [9.17, 15) is 12.8 Å². The molecule has 6 nitrogen and oxygen atoms in total. The molecule has 2 aromatic carbocycles. The fourth-order valence-electron chi connectivity index (χ4n) is 2.60. The van der Waals surface area contributed by atoms with Crippen LogP contribution in [0.3, 0.4) is 0 Å². The Balaban J connectivity index is 2.11. The van der Waals surface area contributed by atoms with E-state index >= 15 is 0 Å². The summed E-state index contributed by atoms with van der Waals surface area (Å²) in [5.41, 5.74) is 1.75. The number of sulfonamides is 1. The van der Waals surface area contributed by atoms with Crippen LogP contribution >= 0.6 is 0 Å². The average Bonchev–Trinajstić information content (AvgIpc) is 2.65. The third-order valence-electron chi connectivity index (χ3n) is 4.12. The lowest BCUT2D eigenvalue weighted by Crippen LogP contribution is -2.38. The summed E-state index contributed by atoms with van der Waals surface area (Å²) in [5.74, 6) is 0.428. The fraction of sp³-hybridized carbons (Fsp3) is 0.350. The molecule has 0 saturated carbocycles. The van der Waals surface area contributed by atoms with Gasteiger partial charge in [-0.25, -0.2) is 22.1 Å². The summed E-state index contributed by atoms with van der Waals surface area (Å²) in [6, 6.07) is 13.2. The number of hydrogen-bond acceptors (Lipinski definition) is 3. The summed E-state index contributed by atoms with van der Waals surface area (Å²) in [6.45, 7) is 3.60. The Morgan fingerprint density at radius 2 is 1.75 bits per heavy atom. The topological polar surface area (TPSA) is 65.0 Å². The van der Waals surface area contributed by atoms with Crippen molar-refractivity contribution in [3.8, 4) is 0 Å². The van der Waals surface area contributed by atoms with E-state index < -0.39 is 10.0 Å². The first kappa shape index (κ1) is 21.8. The normalized spacial score (nSPS) is 12.3. The summed E-state index contributed by atoms with van der Waals surface area (Å²) in [7, 11) is 1.46. The lowest BCUT2D eigenvalue weighted by Gasteiger charge is -2.22. The summed E-state index contributed by atoms with van der Waals surface area (Å²) in [6.07, 6.45) is 0. The molecule has 2 aromatic rings. The van der Waals surface area contributed by atoms with Gasteiger partial charge in [-0.05, 0) is 42.3 Å². The van der Waals surface area contributed by atoms with Crippen molar-refractivity contribution < 1.29 is 12.8 Å². The number of hydrogen-bond donors (Lipinski definition) is 1. The zero-order valence-electron chi connectivity index (χ0n) is 16.7. The van der Waals surface area contributed by atoms with E-state index in [2.05, 4.69) is 10.3 Å². The molecular formula is C20H27FN4O2S. The van der Waals surface area contributed by atoms with Crippen LogP contribution in [0.4, 0.5) is 4.39 Å². The number of guanidine groups is 1. The molecule has 0 aliphatic carbocycles. The van der Waals surface area contributed by atoms with Gasteiger partial charge >= 0.3 is 0 Å². The molecule has 0 aromatic heterocycles. The maximum absolute atomic E-state index is 13.4. The fourth-order valence-corrected chi connectivity index (χ4v) is 3.50. The van der Waals surface area contributed by atoms with Gasteiger partial charge in [0, 0.05) is 34.2 Å². The molecule has 0 heterocycles. The van der Waals surface area contributed by atoms with Crippen LogP contribution in [-0.4, -0.2) is 51.3 Å². The second-order valence-electron chi connectivity index (χ2n) is 6.59. The standard InChI is InChI=1S/C20H27FN4O2S/c1-5-22-20(25(4)15-17-7-6-8-18(21)13-17)23-14-16-9-11-19(12-10-16)28(26,27)24(2)3/h6-13H,5,14-15H2,1-4H3,(H,22,23). The summed E-state index contributed by atoms with van der Waals surface area (Å²) in [5, 5.41) is 3.22. The van der Waals surface area contributed by atoms with E-state index in [0.717, 1.165) is 11.1 Å². The van der Waals surface area contributed by atoms with Crippen LogP contribution in [0.2, 0.25) is 0 Å². The van der Waals surface area contributed by atoms with E-state index in [1.54, 1.807) is 30.3 Å². The van der Waals surface area contributed by atoms with Gasteiger partial charge in [-0.2, -0.15) is 0 Å². The highest BCUT2D eigenvalue weighted by Gasteiger charge is 2.16. The van der Waals surface area contributed by atoms with Gasteiger partial charge in [-0.15, -0.1) is 0 Å². The minimum atomic E-state index is -3.44. The van der Waals surface area contributed by atoms with Gasteiger partial charge < -0.3 is 10.2 Å². The smallest absolute Gasteiger partial charge is 0.242 e. The summed E-state index contributed by atoms with van der Waals surface area (Å²) >= 11 is 0. The van der Waals surface area contributed by atoms with Crippen molar-refractivity contribution in [3.05, 3.63) is 65.5 Å². The highest BCUT2D eigenvalue weighted by atomic mass is 32.2. The Hall–Kier alpha value is -2.45. The van der Waals surface area contributed by atoms with Crippen LogP contribution in [0, 0.1) is 5.82 Å². The van der Waals surface area contributed by atoms with Crippen molar-refractivity contribution >= 4 is 16.0 Å². The van der Waals surface area contributed by atoms with E-state index in [4.69, 9.17) is 0 Å². The first-order valence-electron chi connectivity index (χ1n) is 8.99. The van der Waals surface area contributed by atoms with E-state index in [1.807, 2.05) is 24.9 Å². The minimum Gasteiger partial charge on any atom is -0.357 e. The quantitative estimate of drug-likeness (QED) is 0.567. The van der Waals surface area contributed by atoms with Crippen molar-refractivity contribution in [1.29, 1.82) is 0 Å². The molecule has 0 amide bonds. The van der Waals surface area contributed by atoms with Gasteiger partial charge in [0.1, 0.15) is 5.82 Å². The predicted octanol–water partition coefficient (Wildman–Crippen LogP) is 2.67. The van der Waals surface area contributed by atoms with Gasteiger partial charge in [-0.1, -0.05) is 24.3 Å². The lowest BCUT2D eigenvalue weighted by atomic mass is 10.2. The molecule has 0 fully saturated rings. The van der Waals surface area contributed by atoms with Crippen LogP contribution in [0.1, 0.15) is 18.1 Å². The Morgan fingerprint density at radius 3 is 2.32 bits per heavy atom. The van der Waals surface area contributed by atoms with Crippen LogP contribution < -0.4 is 5.32 Å². The molecule has 0 atom stereocenters. The first-order valence-corrected chi connectivity index (χ1v) is 10.4. The lowest BCUT2D eigenvalue weighted by molar-refractivity contribution is 0.474. The van der Waals surface area contributed by atoms with Gasteiger partial charge in [0.05, 0.1) is 11.4 Å². The molecule has 0 aliphatic heterocycles. The van der Waals surface area contributed by atoms with Crippen molar-refractivity contribution in [2.75, 3.05) is 27.7 Å². The van der Waals surface area contributed by atoms with E-state index in [-0.39, 0.29) is 10.7 Å². The molecular weight excluding hydrogens is 379 g/mol. The zero-order valence-corrected chi connectivity index (χ0v) is 17.5. The van der Waals surface area contributed by atoms with Crippen LogP contribution in [0.5, 0.6) is 0 Å². The summed E-state index contributed by atoms with van der Waals surface area (Å²) in [4.78, 5) is 6.78. The SMILES string of the molecule is CCNC(=NCc1ccc(S(=O)(=O)N(C)C)cc1)N(C)Cc1cccc(F)c1. The third kappa shape index (κ3) is 5.77.